The van der Waals surface area contributed by atoms with Crippen LogP contribution in [0.3, 0.4) is 0 Å². The molecule has 4 N–H and O–H groups in total. The molecule has 0 aliphatic carbocycles. The van der Waals surface area contributed by atoms with Gasteiger partial charge in [0.2, 0.25) is 0 Å². The molecule has 1 unspecified atom stereocenters. The van der Waals surface area contributed by atoms with Crippen molar-refractivity contribution in [2.75, 3.05) is 17.7 Å². The zero-order chi connectivity index (χ0) is 14.5. The summed E-state index contributed by atoms with van der Waals surface area (Å²) in [6, 6.07) is 2.55. The number of tetrazole rings is 1. The van der Waals surface area contributed by atoms with Crippen LogP contribution < -0.4 is 15.8 Å². The molecule has 20 heavy (non-hydrogen) atoms. The lowest BCUT2D eigenvalue weighted by Gasteiger charge is -2.15. The second kappa shape index (κ2) is 6.18. The smallest absolute Gasteiger partial charge is 0.196 e. The second-order valence-electron chi connectivity index (χ2n) is 4.35. The van der Waals surface area contributed by atoms with Gasteiger partial charge in [-0.05, 0) is 13.3 Å². The highest BCUT2D eigenvalue weighted by atomic mass is 19.1. The van der Waals surface area contributed by atoms with Gasteiger partial charge in [0.1, 0.15) is 0 Å². The van der Waals surface area contributed by atoms with E-state index in [2.05, 4.69) is 25.9 Å². The van der Waals surface area contributed by atoms with Crippen LogP contribution in [-0.4, -0.2) is 27.2 Å². The van der Waals surface area contributed by atoms with Crippen LogP contribution in [0.25, 0.3) is 0 Å². The van der Waals surface area contributed by atoms with Crippen LogP contribution in [0.5, 0.6) is 5.75 Å². The summed E-state index contributed by atoms with van der Waals surface area (Å²) in [5.74, 6) is 0.183. The Morgan fingerprint density at radius 2 is 2.30 bits per heavy atom. The van der Waals surface area contributed by atoms with Gasteiger partial charge in [0, 0.05) is 12.1 Å². The Labute approximate surface area is 115 Å². The van der Waals surface area contributed by atoms with E-state index in [1.54, 1.807) is 0 Å². The van der Waals surface area contributed by atoms with Crippen molar-refractivity contribution >= 4 is 11.4 Å². The molecule has 0 fully saturated rings. The Hall–Kier alpha value is -2.38. The second-order valence-corrected chi connectivity index (χ2v) is 4.35. The van der Waals surface area contributed by atoms with Crippen molar-refractivity contribution < 1.29 is 9.13 Å². The van der Waals surface area contributed by atoms with Crippen molar-refractivity contribution in [3.8, 4) is 5.75 Å². The van der Waals surface area contributed by atoms with Crippen molar-refractivity contribution in [1.82, 2.24) is 20.6 Å². The van der Waals surface area contributed by atoms with Gasteiger partial charge in [-0.2, -0.15) is 5.21 Å². The van der Waals surface area contributed by atoms with Gasteiger partial charge in [-0.15, -0.1) is 10.2 Å². The number of hydrogen-bond acceptors (Lipinski definition) is 6. The summed E-state index contributed by atoms with van der Waals surface area (Å²) < 4.78 is 19.0. The van der Waals surface area contributed by atoms with Gasteiger partial charge in [0.15, 0.2) is 17.4 Å². The normalized spacial score (nSPS) is 12.2. The molecule has 2 aromatic rings. The van der Waals surface area contributed by atoms with Crippen molar-refractivity contribution in [3.05, 3.63) is 23.8 Å². The van der Waals surface area contributed by atoms with E-state index in [4.69, 9.17) is 10.5 Å². The molecule has 0 saturated heterocycles. The monoisotopic (exact) mass is 280 g/mol. The Bertz CT molecular complexity index is 559. The predicted octanol–water partition coefficient (Wildman–Crippen LogP) is 1.88. The maximum absolute atomic E-state index is 13.7. The third kappa shape index (κ3) is 3.14. The average molecular weight is 280 g/mol. The first-order valence-corrected chi connectivity index (χ1v) is 6.33. The van der Waals surface area contributed by atoms with E-state index >= 15 is 0 Å². The number of benzene rings is 1. The summed E-state index contributed by atoms with van der Waals surface area (Å²) in [6.07, 6.45) is 0.797. The zero-order valence-electron chi connectivity index (χ0n) is 11.4. The van der Waals surface area contributed by atoms with Gasteiger partial charge in [0.05, 0.1) is 24.0 Å². The maximum atomic E-state index is 13.7. The minimum absolute atomic E-state index is 0.170. The van der Waals surface area contributed by atoms with Gasteiger partial charge in [0.25, 0.3) is 0 Å². The Morgan fingerprint density at radius 3 is 2.95 bits per heavy atom. The zero-order valence-corrected chi connectivity index (χ0v) is 11.4. The first kappa shape index (κ1) is 14.0. The number of nitrogens with zero attached hydrogens (tertiary/aromatic N) is 3. The molecule has 0 radical (unpaired) electrons. The Kier molecular flexibility index (Phi) is 4.34. The summed E-state index contributed by atoms with van der Waals surface area (Å²) in [7, 11) is 0. The number of nitrogens with one attached hydrogen (secondary N) is 2. The molecule has 8 heteroatoms. The lowest BCUT2D eigenvalue weighted by Crippen LogP contribution is -2.11. The highest BCUT2D eigenvalue weighted by Gasteiger charge is 2.14. The molecule has 2 rings (SSSR count). The van der Waals surface area contributed by atoms with Gasteiger partial charge in [-0.1, -0.05) is 12.1 Å². The molecule has 0 bridgehead atoms. The van der Waals surface area contributed by atoms with Gasteiger partial charge in [-0.25, -0.2) is 4.39 Å². The van der Waals surface area contributed by atoms with Crippen LogP contribution >= 0.6 is 0 Å². The molecule has 0 aliphatic heterocycles. The van der Waals surface area contributed by atoms with Crippen LogP contribution in [0, 0.1) is 5.82 Å². The molecule has 1 aromatic carbocycles. The van der Waals surface area contributed by atoms with E-state index in [0.717, 1.165) is 6.42 Å². The number of nitrogen functional groups attached to an aromatic ring is 1. The fourth-order valence-corrected chi connectivity index (χ4v) is 1.67. The number of aromatic nitrogens is 4. The number of anilines is 2. The van der Waals surface area contributed by atoms with E-state index in [9.17, 15) is 4.39 Å². The fourth-order valence-electron chi connectivity index (χ4n) is 1.67. The van der Waals surface area contributed by atoms with Gasteiger partial charge < -0.3 is 15.8 Å². The number of nitrogens with two attached hydrogens (primary N) is 1. The molecule has 108 valence electrons. The third-order valence-corrected chi connectivity index (χ3v) is 2.69. The van der Waals surface area contributed by atoms with E-state index in [1.807, 2.05) is 13.8 Å². The van der Waals surface area contributed by atoms with Crippen LogP contribution in [0.4, 0.5) is 15.8 Å². The number of H-pyrrole nitrogens is 1. The Balaban J connectivity index is 2.18. The average Bonchev–Trinajstić information content (AvgIpc) is 2.94. The first-order chi connectivity index (χ1) is 9.61. The third-order valence-electron chi connectivity index (χ3n) is 2.69. The topological polar surface area (TPSA) is 102 Å². The molecule has 0 amide bonds. The summed E-state index contributed by atoms with van der Waals surface area (Å²) >= 11 is 0. The standard InChI is InChI=1S/C12H17FN6O/c1-3-4-20-11-6-10(9(14)5-8(11)13)15-7(2)12-16-18-19-17-12/h5-7,15H,3-4,14H2,1-2H3,(H,16,17,18,19). The number of ether oxygens (including phenoxy) is 1. The van der Waals surface area contributed by atoms with Crippen LogP contribution in [0.2, 0.25) is 0 Å². The minimum Gasteiger partial charge on any atom is -0.490 e. The highest BCUT2D eigenvalue weighted by Crippen LogP contribution is 2.30. The molecule has 1 heterocycles. The number of aromatic amines is 1. The molecule has 0 spiro atoms. The quantitative estimate of drug-likeness (QED) is 0.698. The van der Waals surface area contributed by atoms with Crippen LogP contribution in [-0.2, 0) is 0 Å². The molecule has 7 nitrogen and oxygen atoms in total. The molecule has 0 aliphatic rings. The van der Waals surface area contributed by atoms with E-state index in [0.29, 0.717) is 23.8 Å². The van der Waals surface area contributed by atoms with Crippen LogP contribution in [0.15, 0.2) is 12.1 Å². The predicted molar refractivity (Wildman–Crippen MR) is 72.8 cm³/mol. The summed E-state index contributed by atoms with van der Waals surface area (Å²) in [5, 5.41) is 16.7. The van der Waals surface area contributed by atoms with E-state index in [1.165, 1.54) is 12.1 Å². The first-order valence-electron chi connectivity index (χ1n) is 6.33. The minimum atomic E-state index is -0.478. The largest absolute Gasteiger partial charge is 0.490 e. The highest BCUT2D eigenvalue weighted by molar-refractivity contribution is 5.69. The number of hydrogen-bond donors (Lipinski definition) is 3. The van der Waals surface area contributed by atoms with Gasteiger partial charge >= 0.3 is 0 Å². The summed E-state index contributed by atoms with van der Waals surface area (Å²) in [6.45, 7) is 4.24. The lowest BCUT2D eigenvalue weighted by molar-refractivity contribution is 0.301. The van der Waals surface area contributed by atoms with E-state index in [-0.39, 0.29) is 11.8 Å². The molecule has 1 atom stereocenters. The van der Waals surface area contributed by atoms with Crippen molar-refractivity contribution in [2.45, 2.75) is 26.3 Å². The lowest BCUT2D eigenvalue weighted by atomic mass is 10.2. The van der Waals surface area contributed by atoms with Crippen molar-refractivity contribution in [2.24, 2.45) is 0 Å². The molecular formula is C12H17FN6O. The maximum Gasteiger partial charge on any atom is 0.196 e. The van der Waals surface area contributed by atoms with Crippen molar-refractivity contribution in [1.29, 1.82) is 0 Å². The number of halogens is 1. The SMILES string of the molecule is CCCOc1cc(NC(C)c2nn[nH]n2)c(N)cc1F. The van der Waals surface area contributed by atoms with E-state index < -0.39 is 5.82 Å². The fraction of sp³-hybridized carbons (Fsp3) is 0.417. The van der Waals surface area contributed by atoms with Crippen molar-refractivity contribution in [3.63, 3.8) is 0 Å². The Morgan fingerprint density at radius 1 is 1.50 bits per heavy atom. The van der Waals surface area contributed by atoms with Gasteiger partial charge in [-0.3, -0.25) is 0 Å². The summed E-state index contributed by atoms with van der Waals surface area (Å²) in [4.78, 5) is 0. The number of rotatable bonds is 6. The summed E-state index contributed by atoms with van der Waals surface area (Å²) in [5.41, 5.74) is 6.66. The van der Waals surface area contributed by atoms with Crippen LogP contribution in [0.1, 0.15) is 32.1 Å². The molecule has 0 saturated carbocycles. The molecular weight excluding hydrogens is 263 g/mol. The molecule has 1 aromatic heterocycles.